The molecule has 0 saturated heterocycles. The van der Waals surface area contributed by atoms with E-state index in [1.807, 2.05) is 0 Å². The van der Waals surface area contributed by atoms with Gasteiger partial charge in [-0.1, -0.05) is 12.1 Å². The Morgan fingerprint density at radius 2 is 1.94 bits per heavy atom. The molecule has 0 aromatic heterocycles. The second kappa shape index (κ2) is 5.81. The minimum Gasteiger partial charge on any atom is -0.428 e. The van der Waals surface area contributed by atoms with Crippen molar-refractivity contribution in [3.8, 4) is 5.75 Å². The molecule has 0 unspecified atom stereocenters. The monoisotopic (exact) mass is 266 g/mol. The molecule has 100 valence electrons. The van der Waals surface area contributed by atoms with Gasteiger partial charge in [-0.15, -0.1) is 0 Å². The molecule has 1 aromatic carbocycles. The van der Waals surface area contributed by atoms with Crippen LogP contribution >= 0.6 is 0 Å². The third-order valence-corrected chi connectivity index (χ3v) is 1.96. The maximum absolute atomic E-state index is 12.7. The highest BCUT2D eigenvalue weighted by molar-refractivity contribution is 5.99. The van der Waals surface area contributed by atoms with Crippen molar-refractivity contribution in [2.75, 3.05) is 13.7 Å². The fraction of sp³-hybridized carbons (Fsp3) is 0.364. The number of Topliss-reactive ketones (excluding diaryl/α,β-unsaturated/α-hetero) is 1. The number of rotatable bonds is 6. The summed E-state index contributed by atoms with van der Waals surface area (Å²) in [5, 5.41) is 0. The molecular weight excluding hydrogens is 256 g/mol. The molecule has 0 N–H and O–H groups in total. The summed E-state index contributed by atoms with van der Waals surface area (Å²) in [6, 6.07) is 4.90. The normalized spacial score (nSPS) is 11.7. The molecular formula is C11H10F4O3. The zero-order valence-corrected chi connectivity index (χ0v) is 9.33. The number of halogens is 4. The SMILES string of the molecule is COCC(=O)c1ccccc1OC(F)(F)C(F)F. The van der Waals surface area contributed by atoms with E-state index in [1.165, 1.54) is 25.3 Å². The van der Waals surface area contributed by atoms with E-state index in [2.05, 4.69) is 9.47 Å². The largest absolute Gasteiger partial charge is 0.461 e. The Balaban J connectivity index is 2.99. The Hall–Kier alpha value is -1.63. The summed E-state index contributed by atoms with van der Waals surface area (Å²) >= 11 is 0. The Bertz CT molecular complexity index is 421. The fourth-order valence-corrected chi connectivity index (χ4v) is 1.19. The molecule has 1 rings (SSSR count). The average Bonchev–Trinajstić information content (AvgIpc) is 2.29. The van der Waals surface area contributed by atoms with E-state index < -0.39 is 24.1 Å². The molecule has 1 aromatic rings. The Morgan fingerprint density at radius 1 is 1.33 bits per heavy atom. The second-order valence-electron chi connectivity index (χ2n) is 3.32. The van der Waals surface area contributed by atoms with E-state index in [9.17, 15) is 22.4 Å². The highest BCUT2D eigenvalue weighted by Gasteiger charge is 2.44. The van der Waals surface area contributed by atoms with Crippen molar-refractivity contribution in [3.05, 3.63) is 29.8 Å². The lowest BCUT2D eigenvalue weighted by Gasteiger charge is -2.18. The Morgan fingerprint density at radius 3 is 2.50 bits per heavy atom. The second-order valence-corrected chi connectivity index (χ2v) is 3.32. The molecule has 0 bridgehead atoms. The highest BCUT2D eigenvalue weighted by atomic mass is 19.3. The van der Waals surface area contributed by atoms with E-state index in [0.29, 0.717) is 0 Å². The topological polar surface area (TPSA) is 35.5 Å². The molecule has 0 radical (unpaired) electrons. The molecule has 18 heavy (non-hydrogen) atoms. The van der Waals surface area contributed by atoms with Crippen molar-refractivity contribution in [1.82, 2.24) is 0 Å². The molecule has 0 aliphatic heterocycles. The van der Waals surface area contributed by atoms with Gasteiger partial charge in [-0.25, -0.2) is 0 Å². The zero-order chi connectivity index (χ0) is 13.8. The van der Waals surface area contributed by atoms with Crippen LogP contribution in [0.3, 0.4) is 0 Å². The number of alkyl halides is 4. The minimum absolute atomic E-state index is 0.236. The number of benzene rings is 1. The van der Waals surface area contributed by atoms with E-state index in [4.69, 9.17) is 0 Å². The van der Waals surface area contributed by atoms with Crippen molar-refractivity contribution < 1.29 is 31.8 Å². The van der Waals surface area contributed by atoms with Crippen LogP contribution in [0, 0.1) is 0 Å². The number of para-hydroxylation sites is 1. The van der Waals surface area contributed by atoms with Crippen molar-refractivity contribution in [2.24, 2.45) is 0 Å². The van der Waals surface area contributed by atoms with E-state index in [1.54, 1.807) is 0 Å². The molecule has 0 heterocycles. The summed E-state index contributed by atoms with van der Waals surface area (Å²) < 4.78 is 57.9. The summed E-state index contributed by atoms with van der Waals surface area (Å²) in [4.78, 5) is 11.5. The number of hydrogen-bond donors (Lipinski definition) is 0. The Labute approximate surface area is 100 Å². The maximum Gasteiger partial charge on any atom is 0.461 e. The summed E-state index contributed by atoms with van der Waals surface area (Å²) in [5.41, 5.74) is -0.236. The van der Waals surface area contributed by atoms with Gasteiger partial charge in [0, 0.05) is 7.11 Å². The smallest absolute Gasteiger partial charge is 0.428 e. The van der Waals surface area contributed by atoms with Gasteiger partial charge in [-0.3, -0.25) is 4.79 Å². The van der Waals surface area contributed by atoms with Crippen LogP contribution in [0.2, 0.25) is 0 Å². The number of ether oxygens (including phenoxy) is 2. The number of carbonyl (C=O) groups is 1. The molecule has 3 nitrogen and oxygen atoms in total. The zero-order valence-electron chi connectivity index (χ0n) is 9.33. The van der Waals surface area contributed by atoms with Crippen LogP contribution in [0.4, 0.5) is 17.6 Å². The predicted molar refractivity (Wildman–Crippen MR) is 54.2 cm³/mol. The van der Waals surface area contributed by atoms with Gasteiger partial charge in [0.15, 0.2) is 5.78 Å². The fourth-order valence-electron chi connectivity index (χ4n) is 1.19. The first-order valence-corrected chi connectivity index (χ1v) is 4.84. The molecule has 0 aliphatic carbocycles. The Kier molecular flexibility index (Phi) is 4.66. The van der Waals surface area contributed by atoms with Gasteiger partial charge in [0.25, 0.3) is 0 Å². The van der Waals surface area contributed by atoms with Crippen molar-refractivity contribution in [2.45, 2.75) is 12.5 Å². The highest BCUT2D eigenvalue weighted by Crippen LogP contribution is 2.29. The first-order chi connectivity index (χ1) is 8.38. The molecule has 0 aliphatic rings. The molecule has 0 spiro atoms. The van der Waals surface area contributed by atoms with Gasteiger partial charge in [0.1, 0.15) is 12.4 Å². The maximum atomic E-state index is 12.7. The predicted octanol–water partition coefficient (Wildman–Crippen LogP) is 2.75. The standard InChI is InChI=1S/C11H10F4O3/c1-17-6-8(16)7-4-2-3-5-9(7)18-11(14,15)10(12)13/h2-5,10H,6H2,1H3. The number of methoxy groups -OCH3 is 1. The first kappa shape index (κ1) is 14.4. The first-order valence-electron chi connectivity index (χ1n) is 4.84. The molecule has 0 saturated carbocycles. The summed E-state index contributed by atoms with van der Waals surface area (Å²) in [6.07, 6.45) is -8.63. The van der Waals surface area contributed by atoms with Gasteiger partial charge >= 0.3 is 12.5 Å². The van der Waals surface area contributed by atoms with E-state index in [-0.39, 0.29) is 12.2 Å². The third kappa shape index (κ3) is 3.43. The lowest BCUT2D eigenvalue weighted by molar-refractivity contribution is -0.253. The van der Waals surface area contributed by atoms with Gasteiger partial charge in [0.2, 0.25) is 0 Å². The minimum atomic E-state index is -4.65. The number of carbonyl (C=O) groups excluding carboxylic acids is 1. The van der Waals surface area contributed by atoms with Crippen molar-refractivity contribution in [3.63, 3.8) is 0 Å². The van der Waals surface area contributed by atoms with Crippen LogP contribution in [-0.2, 0) is 4.74 Å². The van der Waals surface area contributed by atoms with Crippen LogP contribution in [0.15, 0.2) is 24.3 Å². The van der Waals surface area contributed by atoms with Crippen LogP contribution in [0.25, 0.3) is 0 Å². The average molecular weight is 266 g/mol. The summed E-state index contributed by atoms with van der Waals surface area (Å²) in [5.74, 6) is -1.25. The molecule has 0 fully saturated rings. The van der Waals surface area contributed by atoms with Gasteiger partial charge in [-0.2, -0.15) is 17.6 Å². The van der Waals surface area contributed by atoms with E-state index in [0.717, 1.165) is 6.07 Å². The summed E-state index contributed by atoms with van der Waals surface area (Å²) in [6.45, 7) is -0.360. The van der Waals surface area contributed by atoms with Gasteiger partial charge < -0.3 is 9.47 Å². The third-order valence-electron chi connectivity index (χ3n) is 1.96. The molecule has 0 atom stereocenters. The lowest BCUT2D eigenvalue weighted by Crippen LogP contribution is -2.34. The van der Waals surface area contributed by atoms with E-state index >= 15 is 0 Å². The lowest BCUT2D eigenvalue weighted by atomic mass is 10.1. The van der Waals surface area contributed by atoms with Crippen molar-refractivity contribution in [1.29, 1.82) is 0 Å². The molecule has 0 amide bonds. The van der Waals surface area contributed by atoms with Crippen molar-refractivity contribution >= 4 is 5.78 Å². The van der Waals surface area contributed by atoms with Crippen LogP contribution in [-0.4, -0.2) is 32.0 Å². The van der Waals surface area contributed by atoms with Gasteiger partial charge in [-0.05, 0) is 12.1 Å². The molecule has 7 heteroatoms. The van der Waals surface area contributed by atoms with Crippen LogP contribution in [0.5, 0.6) is 5.75 Å². The van der Waals surface area contributed by atoms with Gasteiger partial charge in [0.05, 0.1) is 5.56 Å². The van der Waals surface area contributed by atoms with Crippen LogP contribution in [0.1, 0.15) is 10.4 Å². The summed E-state index contributed by atoms with van der Waals surface area (Å²) in [7, 11) is 1.25. The number of ketones is 1. The number of hydrogen-bond acceptors (Lipinski definition) is 3. The van der Waals surface area contributed by atoms with Crippen LogP contribution < -0.4 is 4.74 Å². The quantitative estimate of drug-likeness (QED) is 0.586.